The Hall–Kier alpha value is -4.25. The molecule has 2 aromatic heterocycles. The molecular formula is C29H25N3O2. The zero-order valence-corrected chi connectivity index (χ0v) is 19.4. The molecule has 34 heavy (non-hydrogen) atoms. The van der Waals surface area contributed by atoms with Crippen LogP contribution in [0.1, 0.15) is 44.1 Å². The zero-order chi connectivity index (χ0) is 23.8. The van der Waals surface area contributed by atoms with Gasteiger partial charge in [-0.15, -0.1) is 0 Å². The number of hydrogen-bond acceptors (Lipinski definition) is 3. The van der Waals surface area contributed by atoms with Gasteiger partial charge in [0.1, 0.15) is 0 Å². The van der Waals surface area contributed by atoms with Crippen LogP contribution in [-0.2, 0) is 11.3 Å². The van der Waals surface area contributed by atoms with Crippen molar-refractivity contribution in [3.63, 3.8) is 0 Å². The van der Waals surface area contributed by atoms with Crippen molar-refractivity contribution >= 4 is 23.5 Å². The standard InChI is InChI=1S/C29H25N3O2/c1-19-9-8-11-24(15-19)32-20(2)16-22(21(32)3)17-27-25-12-4-5-13-26(25)28(33)31(29(27)34)18-23-10-6-7-14-30-23/h4-17H,18H2,1-3H3/b27-17+. The Kier molecular flexibility index (Phi) is 5.46. The molecule has 0 radical (unpaired) electrons. The number of aromatic nitrogens is 2. The SMILES string of the molecule is Cc1cccc(-n2c(C)cc(/C=C3/C(=O)N(Cc4ccccn4)C(=O)c4ccccc43)c2C)c1. The highest BCUT2D eigenvalue weighted by molar-refractivity contribution is 6.33. The number of carbonyl (C=O) groups excluding carboxylic acids is 2. The minimum atomic E-state index is -0.310. The fourth-order valence-corrected chi connectivity index (χ4v) is 4.59. The van der Waals surface area contributed by atoms with Gasteiger partial charge < -0.3 is 4.57 Å². The van der Waals surface area contributed by atoms with Crippen LogP contribution in [0.5, 0.6) is 0 Å². The fraction of sp³-hybridized carbons (Fsp3) is 0.138. The van der Waals surface area contributed by atoms with Gasteiger partial charge in [-0.2, -0.15) is 0 Å². The molecule has 2 aromatic carbocycles. The predicted molar refractivity (Wildman–Crippen MR) is 133 cm³/mol. The van der Waals surface area contributed by atoms with Crippen LogP contribution in [0.4, 0.5) is 0 Å². The van der Waals surface area contributed by atoms with E-state index in [4.69, 9.17) is 0 Å². The lowest BCUT2D eigenvalue weighted by atomic mass is 9.92. The van der Waals surface area contributed by atoms with E-state index in [2.05, 4.69) is 54.6 Å². The third-order valence-electron chi connectivity index (χ3n) is 6.24. The van der Waals surface area contributed by atoms with Crippen LogP contribution in [0.2, 0.25) is 0 Å². The van der Waals surface area contributed by atoms with Crippen LogP contribution < -0.4 is 0 Å². The minimum absolute atomic E-state index is 0.131. The first-order valence-electron chi connectivity index (χ1n) is 11.3. The van der Waals surface area contributed by atoms with Crippen molar-refractivity contribution in [1.82, 2.24) is 14.5 Å². The first kappa shape index (κ1) is 21.6. The summed E-state index contributed by atoms with van der Waals surface area (Å²) in [5, 5.41) is 0. The second kappa shape index (κ2) is 8.60. The molecule has 5 nitrogen and oxygen atoms in total. The van der Waals surface area contributed by atoms with E-state index in [9.17, 15) is 9.59 Å². The molecule has 4 aromatic rings. The molecule has 0 bridgehead atoms. The van der Waals surface area contributed by atoms with E-state index in [-0.39, 0.29) is 18.4 Å². The maximum atomic E-state index is 13.6. The summed E-state index contributed by atoms with van der Waals surface area (Å²) in [5.74, 6) is -0.608. The van der Waals surface area contributed by atoms with Gasteiger partial charge in [0.05, 0.1) is 12.2 Å². The van der Waals surface area contributed by atoms with E-state index in [0.717, 1.165) is 22.6 Å². The summed E-state index contributed by atoms with van der Waals surface area (Å²) in [6, 6.07) is 23.2. The number of rotatable bonds is 4. The molecule has 1 aliphatic heterocycles. The summed E-state index contributed by atoms with van der Waals surface area (Å²) in [6.07, 6.45) is 3.58. The molecule has 168 valence electrons. The number of hydrogen-bond donors (Lipinski definition) is 0. The van der Waals surface area contributed by atoms with Crippen molar-refractivity contribution in [1.29, 1.82) is 0 Å². The molecule has 0 spiro atoms. The van der Waals surface area contributed by atoms with Crippen LogP contribution in [0.3, 0.4) is 0 Å². The van der Waals surface area contributed by atoms with Crippen LogP contribution in [0, 0.1) is 20.8 Å². The van der Waals surface area contributed by atoms with Gasteiger partial charge in [-0.3, -0.25) is 19.5 Å². The Morgan fingerprint density at radius 2 is 1.59 bits per heavy atom. The van der Waals surface area contributed by atoms with Crippen molar-refractivity contribution in [2.24, 2.45) is 0 Å². The van der Waals surface area contributed by atoms with Gasteiger partial charge in [0, 0.05) is 34.4 Å². The van der Waals surface area contributed by atoms with Crippen molar-refractivity contribution in [2.45, 2.75) is 27.3 Å². The van der Waals surface area contributed by atoms with Crippen LogP contribution in [0.25, 0.3) is 17.3 Å². The summed E-state index contributed by atoms with van der Waals surface area (Å²) in [7, 11) is 0. The molecule has 3 heterocycles. The maximum absolute atomic E-state index is 13.6. The average molecular weight is 448 g/mol. The van der Waals surface area contributed by atoms with Gasteiger partial charge in [-0.1, -0.05) is 36.4 Å². The topological polar surface area (TPSA) is 55.2 Å². The molecule has 0 fully saturated rings. The Bertz CT molecular complexity index is 1450. The lowest BCUT2D eigenvalue weighted by molar-refractivity contribution is -0.123. The number of carbonyl (C=O) groups is 2. The number of benzene rings is 2. The summed E-state index contributed by atoms with van der Waals surface area (Å²) < 4.78 is 2.19. The molecule has 0 N–H and O–H groups in total. The van der Waals surface area contributed by atoms with Gasteiger partial charge in [-0.05, 0) is 79.9 Å². The summed E-state index contributed by atoms with van der Waals surface area (Å²) >= 11 is 0. The van der Waals surface area contributed by atoms with Crippen molar-refractivity contribution in [3.8, 4) is 5.69 Å². The summed E-state index contributed by atoms with van der Waals surface area (Å²) in [4.78, 5) is 32.4. The highest BCUT2D eigenvalue weighted by atomic mass is 16.2. The van der Waals surface area contributed by atoms with Gasteiger partial charge in [0.2, 0.25) is 0 Å². The van der Waals surface area contributed by atoms with Crippen molar-refractivity contribution in [2.75, 3.05) is 0 Å². The molecule has 5 rings (SSSR count). The lowest BCUT2D eigenvalue weighted by Crippen LogP contribution is -2.41. The van der Waals surface area contributed by atoms with E-state index in [0.29, 0.717) is 22.4 Å². The molecule has 0 unspecified atom stereocenters. The minimum Gasteiger partial charge on any atom is -0.318 e. The zero-order valence-electron chi connectivity index (χ0n) is 19.4. The monoisotopic (exact) mass is 447 g/mol. The molecular weight excluding hydrogens is 422 g/mol. The van der Waals surface area contributed by atoms with Gasteiger partial charge in [0.25, 0.3) is 11.8 Å². The normalized spacial score (nSPS) is 14.6. The fourth-order valence-electron chi connectivity index (χ4n) is 4.59. The number of aryl methyl sites for hydroxylation is 2. The van der Waals surface area contributed by atoms with Gasteiger partial charge >= 0.3 is 0 Å². The first-order chi connectivity index (χ1) is 16.4. The molecule has 0 saturated heterocycles. The Morgan fingerprint density at radius 3 is 2.32 bits per heavy atom. The molecule has 2 amide bonds. The average Bonchev–Trinajstić information content (AvgIpc) is 3.12. The van der Waals surface area contributed by atoms with E-state index < -0.39 is 0 Å². The lowest BCUT2D eigenvalue weighted by Gasteiger charge is -2.28. The second-order valence-corrected chi connectivity index (χ2v) is 8.62. The van der Waals surface area contributed by atoms with Crippen LogP contribution >= 0.6 is 0 Å². The highest BCUT2D eigenvalue weighted by Crippen LogP contribution is 2.33. The van der Waals surface area contributed by atoms with Crippen molar-refractivity contribution < 1.29 is 9.59 Å². The largest absolute Gasteiger partial charge is 0.318 e. The molecule has 0 atom stereocenters. The van der Waals surface area contributed by atoms with Crippen LogP contribution in [-0.4, -0.2) is 26.3 Å². The first-order valence-corrected chi connectivity index (χ1v) is 11.3. The van der Waals surface area contributed by atoms with E-state index in [1.165, 1.54) is 10.5 Å². The van der Waals surface area contributed by atoms with E-state index in [1.54, 1.807) is 12.3 Å². The van der Waals surface area contributed by atoms with Gasteiger partial charge in [-0.25, -0.2) is 0 Å². The number of nitrogens with zero attached hydrogens (tertiary/aromatic N) is 3. The number of pyridine rings is 1. The number of amides is 2. The van der Waals surface area contributed by atoms with E-state index >= 15 is 0 Å². The Morgan fingerprint density at radius 1 is 0.824 bits per heavy atom. The van der Waals surface area contributed by atoms with Crippen molar-refractivity contribution in [3.05, 3.63) is 118 Å². The van der Waals surface area contributed by atoms with E-state index in [1.807, 2.05) is 48.5 Å². The molecule has 0 aliphatic carbocycles. The molecule has 1 aliphatic rings. The quantitative estimate of drug-likeness (QED) is 0.306. The number of fused-ring (bicyclic) bond motifs is 1. The predicted octanol–water partition coefficient (Wildman–Crippen LogP) is 5.52. The van der Waals surface area contributed by atoms with Crippen LogP contribution in [0.15, 0.2) is 79.0 Å². The van der Waals surface area contributed by atoms with Gasteiger partial charge in [0.15, 0.2) is 0 Å². The maximum Gasteiger partial charge on any atom is 0.261 e. The third kappa shape index (κ3) is 3.75. The summed E-state index contributed by atoms with van der Waals surface area (Å²) in [6.45, 7) is 6.32. The smallest absolute Gasteiger partial charge is 0.261 e. The summed E-state index contributed by atoms with van der Waals surface area (Å²) in [5.41, 5.74) is 7.70. The highest BCUT2D eigenvalue weighted by Gasteiger charge is 2.35. The Labute approximate surface area is 199 Å². The third-order valence-corrected chi connectivity index (χ3v) is 6.24. The molecule has 0 saturated carbocycles. The number of imide groups is 1. The molecule has 5 heteroatoms. The second-order valence-electron chi connectivity index (χ2n) is 8.62. The Balaban J connectivity index is 1.62.